The summed E-state index contributed by atoms with van der Waals surface area (Å²) in [6.07, 6.45) is 4.12. The van der Waals surface area contributed by atoms with Crippen molar-refractivity contribution in [2.45, 2.75) is 25.7 Å². The van der Waals surface area contributed by atoms with Crippen molar-refractivity contribution < 1.29 is 4.79 Å². The predicted molar refractivity (Wildman–Crippen MR) is 107 cm³/mol. The topological polar surface area (TPSA) is 54.9 Å². The van der Waals surface area contributed by atoms with Crippen LogP contribution in [-0.2, 0) is 12.8 Å². The van der Waals surface area contributed by atoms with E-state index >= 15 is 0 Å². The van der Waals surface area contributed by atoms with Crippen molar-refractivity contribution in [2.75, 3.05) is 0 Å². The Morgan fingerprint density at radius 2 is 2.00 bits per heavy atom. The van der Waals surface area contributed by atoms with Crippen LogP contribution in [0.4, 0.5) is 0 Å². The summed E-state index contributed by atoms with van der Waals surface area (Å²) in [4.78, 5) is 31.1. The van der Waals surface area contributed by atoms with Crippen molar-refractivity contribution in [3.8, 4) is 0 Å². The quantitative estimate of drug-likeness (QED) is 0.428. The zero-order chi connectivity index (χ0) is 16.8. The van der Waals surface area contributed by atoms with Crippen LogP contribution < -0.4 is 5.56 Å². The molecule has 0 atom stereocenters. The SMILES string of the molecule is O=C(c1ccccc1I)n1c(=S)[nH]c2sc3c(c2c1=O)CCCC3. The number of nitrogens with zero attached hydrogens (tertiary/aromatic N) is 1. The van der Waals surface area contributed by atoms with Crippen LogP contribution in [-0.4, -0.2) is 15.5 Å². The van der Waals surface area contributed by atoms with E-state index in [9.17, 15) is 9.59 Å². The van der Waals surface area contributed by atoms with Gasteiger partial charge in [0.1, 0.15) is 4.83 Å². The molecule has 1 aliphatic rings. The first-order valence-corrected chi connectivity index (χ1v) is 9.97. The number of hydrogen-bond donors (Lipinski definition) is 1. The number of carbonyl (C=O) groups excluding carboxylic acids is 1. The molecule has 2 aromatic heterocycles. The Morgan fingerprint density at radius 3 is 2.79 bits per heavy atom. The van der Waals surface area contributed by atoms with Crippen LogP contribution in [0.15, 0.2) is 29.1 Å². The minimum absolute atomic E-state index is 0.163. The van der Waals surface area contributed by atoms with Gasteiger partial charge < -0.3 is 4.98 Å². The molecule has 0 saturated heterocycles. The lowest BCUT2D eigenvalue weighted by Gasteiger charge is -2.10. The Bertz CT molecular complexity index is 1090. The van der Waals surface area contributed by atoms with Crippen molar-refractivity contribution >= 4 is 62.3 Å². The Labute approximate surface area is 160 Å². The lowest BCUT2D eigenvalue weighted by molar-refractivity contribution is 0.0953. The zero-order valence-corrected chi connectivity index (χ0v) is 16.4. The first kappa shape index (κ1) is 16.2. The number of fused-ring (bicyclic) bond motifs is 3. The van der Waals surface area contributed by atoms with E-state index < -0.39 is 0 Å². The van der Waals surface area contributed by atoms with Crippen LogP contribution in [0, 0.1) is 8.34 Å². The molecule has 2 heterocycles. The van der Waals surface area contributed by atoms with Gasteiger partial charge in [-0.25, -0.2) is 4.57 Å². The number of nitrogens with one attached hydrogen (secondary N) is 1. The van der Waals surface area contributed by atoms with Gasteiger partial charge in [0.05, 0.1) is 10.9 Å². The second-order valence-corrected chi connectivity index (χ2v) is 8.42. The van der Waals surface area contributed by atoms with E-state index in [2.05, 4.69) is 27.6 Å². The summed E-state index contributed by atoms with van der Waals surface area (Å²) in [6.45, 7) is 0. The average molecular weight is 468 g/mol. The molecule has 7 heteroatoms. The number of rotatable bonds is 1. The molecule has 0 radical (unpaired) electrons. The van der Waals surface area contributed by atoms with Gasteiger partial charge >= 0.3 is 0 Å². The van der Waals surface area contributed by atoms with Gasteiger partial charge in [0.15, 0.2) is 4.77 Å². The fourth-order valence-corrected chi connectivity index (χ4v) is 5.41. The van der Waals surface area contributed by atoms with Crippen LogP contribution in [0.3, 0.4) is 0 Å². The number of thiophene rings is 1. The van der Waals surface area contributed by atoms with E-state index in [0.717, 1.165) is 44.2 Å². The Kier molecular flexibility index (Phi) is 4.17. The highest BCUT2D eigenvalue weighted by Gasteiger charge is 2.23. The molecule has 0 amide bonds. The fraction of sp³-hybridized carbons (Fsp3) is 0.235. The summed E-state index contributed by atoms with van der Waals surface area (Å²) in [7, 11) is 0. The summed E-state index contributed by atoms with van der Waals surface area (Å²) in [5, 5.41) is 0.641. The number of halogens is 1. The van der Waals surface area contributed by atoms with Gasteiger partial charge in [-0.1, -0.05) is 12.1 Å². The van der Waals surface area contributed by atoms with Crippen LogP contribution in [0.25, 0.3) is 10.2 Å². The van der Waals surface area contributed by atoms with Crippen LogP contribution >= 0.6 is 46.1 Å². The molecule has 1 N–H and O–H groups in total. The van der Waals surface area contributed by atoms with Crippen LogP contribution in [0.5, 0.6) is 0 Å². The predicted octanol–water partition coefficient (Wildman–Crippen LogP) is 4.29. The maximum Gasteiger partial charge on any atom is 0.270 e. The van der Waals surface area contributed by atoms with Crippen LogP contribution in [0.1, 0.15) is 33.6 Å². The first-order valence-electron chi connectivity index (χ1n) is 7.66. The Balaban J connectivity index is 2.00. The lowest BCUT2D eigenvalue weighted by Crippen LogP contribution is -2.29. The van der Waals surface area contributed by atoms with E-state index in [-0.39, 0.29) is 16.2 Å². The van der Waals surface area contributed by atoms with Crippen molar-refractivity contribution in [3.05, 3.63) is 59.0 Å². The summed E-state index contributed by atoms with van der Waals surface area (Å²) >= 11 is 9.02. The van der Waals surface area contributed by atoms with Gasteiger partial charge in [-0.05, 0) is 78.2 Å². The zero-order valence-electron chi connectivity index (χ0n) is 12.6. The van der Waals surface area contributed by atoms with E-state index in [4.69, 9.17) is 12.2 Å². The molecule has 0 fully saturated rings. The minimum Gasteiger partial charge on any atom is -0.323 e. The number of H-pyrrole nitrogens is 1. The molecule has 0 unspecified atom stereocenters. The molecule has 3 aromatic rings. The maximum absolute atomic E-state index is 13.1. The standard InChI is InChI=1S/C17H13IN2O2S2/c18-11-7-3-1-5-9(11)15(21)20-16(22)13-10-6-2-4-8-12(10)24-14(13)19-17(20)23/h1,3,5,7H,2,4,6,8H2,(H,19,23). The highest BCUT2D eigenvalue weighted by molar-refractivity contribution is 14.1. The molecule has 1 aromatic carbocycles. The van der Waals surface area contributed by atoms with E-state index in [1.54, 1.807) is 23.5 Å². The van der Waals surface area contributed by atoms with Gasteiger partial charge in [0.2, 0.25) is 0 Å². The molecular formula is C17H13IN2O2S2. The molecule has 4 rings (SSSR count). The molecule has 0 saturated carbocycles. The molecule has 0 spiro atoms. The summed E-state index contributed by atoms with van der Waals surface area (Å²) < 4.78 is 2.07. The van der Waals surface area contributed by atoms with Gasteiger partial charge in [-0.3, -0.25) is 9.59 Å². The van der Waals surface area contributed by atoms with Crippen molar-refractivity contribution in [1.82, 2.24) is 9.55 Å². The molecule has 1 aliphatic carbocycles. The molecule has 122 valence electrons. The second kappa shape index (κ2) is 6.20. The van der Waals surface area contributed by atoms with Crippen molar-refractivity contribution in [1.29, 1.82) is 0 Å². The average Bonchev–Trinajstić information content (AvgIpc) is 2.93. The molecular weight excluding hydrogens is 455 g/mol. The van der Waals surface area contributed by atoms with Gasteiger partial charge in [0, 0.05) is 8.45 Å². The fourth-order valence-electron chi connectivity index (χ4n) is 3.18. The van der Waals surface area contributed by atoms with Crippen molar-refractivity contribution in [3.63, 3.8) is 0 Å². The number of aromatic nitrogens is 2. The van der Waals surface area contributed by atoms with Gasteiger partial charge in [0.25, 0.3) is 11.5 Å². The summed E-state index contributed by atoms with van der Waals surface area (Å²) in [6, 6.07) is 7.22. The third-order valence-electron chi connectivity index (χ3n) is 4.32. The Hall–Kier alpha value is -1.32. The maximum atomic E-state index is 13.1. The number of hydrogen-bond acceptors (Lipinski definition) is 4. The van der Waals surface area contributed by atoms with E-state index in [1.807, 2.05) is 12.1 Å². The van der Waals surface area contributed by atoms with E-state index in [0.29, 0.717) is 10.9 Å². The number of carbonyl (C=O) groups is 1. The Morgan fingerprint density at radius 1 is 1.25 bits per heavy atom. The first-order chi connectivity index (χ1) is 11.6. The third kappa shape index (κ3) is 2.49. The molecule has 0 aliphatic heterocycles. The largest absolute Gasteiger partial charge is 0.323 e. The summed E-state index contributed by atoms with van der Waals surface area (Å²) in [5.74, 6) is -0.371. The minimum atomic E-state index is -0.371. The molecule has 24 heavy (non-hydrogen) atoms. The van der Waals surface area contributed by atoms with Gasteiger partial charge in [-0.2, -0.15) is 0 Å². The highest BCUT2D eigenvalue weighted by atomic mass is 127. The van der Waals surface area contributed by atoms with Gasteiger partial charge in [-0.15, -0.1) is 11.3 Å². The monoisotopic (exact) mass is 468 g/mol. The highest BCUT2D eigenvalue weighted by Crippen LogP contribution is 2.33. The third-order valence-corrected chi connectivity index (χ3v) is 6.75. The normalized spacial score (nSPS) is 13.9. The van der Waals surface area contributed by atoms with E-state index in [1.165, 1.54) is 4.88 Å². The van der Waals surface area contributed by atoms with Crippen molar-refractivity contribution in [2.24, 2.45) is 0 Å². The second-order valence-electron chi connectivity index (χ2n) is 5.77. The van der Waals surface area contributed by atoms with Crippen LogP contribution in [0.2, 0.25) is 0 Å². The smallest absolute Gasteiger partial charge is 0.270 e. The number of benzene rings is 1. The number of aryl methyl sites for hydroxylation is 2. The lowest BCUT2D eigenvalue weighted by atomic mass is 9.97. The molecule has 0 bridgehead atoms. The molecule has 4 nitrogen and oxygen atoms in total. The number of aromatic amines is 1. The summed E-state index contributed by atoms with van der Waals surface area (Å²) in [5.41, 5.74) is 1.29.